The Hall–Kier alpha value is -2.92. The second-order valence-corrected chi connectivity index (χ2v) is 7.23. The zero-order chi connectivity index (χ0) is 20.8. The molecule has 0 saturated carbocycles. The minimum atomic E-state index is -3.67. The van der Waals surface area contributed by atoms with Gasteiger partial charge in [0.1, 0.15) is 5.75 Å². The van der Waals surface area contributed by atoms with Gasteiger partial charge in [0.05, 0.1) is 18.4 Å². The molecule has 1 heterocycles. The van der Waals surface area contributed by atoms with Crippen LogP contribution in [0.2, 0.25) is 0 Å². The largest absolute Gasteiger partial charge is 0.492 e. The van der Waals surface area contributed by atoms with Crippen molar-refractivity contribution in [3.8, 4) is 5.75 Å². The highest BCUT2D eigenvalue weighted by atomic mass is 32.2. The Morgan fingerprint density at radius 2 is 1.85 bits per heavy atom. The van der Waals surface area contributed by atoms with Crippen molar-refractivity contribution < 1.29 is 27.3 Å². The number of rotatable bonds is 2. The fraction of sp³-hybridized carbons (Fsp3) is 0.312. The van der Waals surface area contributed by atoms with Crippen LogP contribution >= 0.6 is 0 Å². The predicted octanol–water partition coefficient (Wildman–Crippen LogP) is -0.142. The number of para-hydroxylation sites is 1. The quantitative estimate of drug-likeness (QED) is 0.352. The SMILES string of the molecule is CN(C)C(=O)c1cccc2c1OCCC(C(=O)N=C(N)N)=C2.CS(=O)(=O)O. The van der Waals surface area contributed by atoms with Gasteiger partial charge in [0.25, 0.3) is 21.9 Å². The molecule has 11 heteroatoms. The molecule has 148 valence electrons. The van der Waals surface area contributed by atoms with E-state index in [-0.39, 0.29) is 18.5 Å². The monoisotopic (exact) mass is 398 g/mol. The highest BCUT2D eigenvalue weighted by Crippen LogP contribution is 2.30. The van der Waals surface area contributed by atoms with E-state index in [0.717, 1.165) is 0 Å². The molecule has 0 fully saturated rings. The fourth-order valence-corrected chi connectivity index (χ4v) is 2.12. The van der Waals surface area contributed by atoms with Crippen LogP contribution < -0.4 is 16.2 Å². The molecule has 2 amide bonds. The van der Waals surface area contributed by atoms with E-state index in [1.165, 1.54) is 4.90 Å². The average Bonchev–Trinajstić information content (AvgIpc) is 2.73. The summed E-state index contributed by atoms with van der Waals surface area (Å²) in [5, 5.41) is 0. The summed E-state index contributed by atoms with van der Waals surface area (Å²) in [5.41, 5.74) is 12.0. The molecule has 0 bridgehead atoms. The number of carbonyl (C=O) groups excluding carboxylic acids is 2. The van der Waals surface area contributed by atoms with E-state index in [4.69, 9.17) is 20.8 Å². The Morgan fingerprint density at radius 1 is 1.26 bits per heavy atom. The first-order valence-electron chi connectivity index (χ1n) is 7.64. The summed E-state index contributed by atoms with van der Waals surface area (Å²) >= 11 is 0. The lowest BCUT2D eigenvalue weighted by atomic mass is 10.0. The number of benzene rings is 1. The van der Waals surface area contributed by atoms with Crippen molar-refractivity contribution in [3.05, 3.63) is 34.9 Å². The maximum absolute atomic E-state index is 12.2. The first kappa shape index (κ1) is 22.1. The van der Waals surface area contributed by atoms with Gasteiger partial charge < -0.3 is 21.1 Å². The summed E-state index contributed by atoms with van der Waals surface area (Å²) in [7, 11) is -0.329. The summed E-state index contributed by atoms with van der Waals surface area (Å²) in [6.45, 7) is 0.266. The Balaban J connectivity index is 0.000000646. The molecule has 2 rings (SSSR count). The maximum atomic E-state index is 12.2. The number of nitrogens with zero attached hydrogens (tertiary/aromatic N) is 2. The zero-order valence-electron chi connectivity index (χ0n) is 15.2. The van der Waals surface area contributed by atoms with Crippen molar-refractivity contribution in [3.63, 3.8) is 0 Å². The topological polar surface area (TPSA) is 165 Å². The van der Waals surface area contributed by atoms with Crippen molar-refractivity contribution in [1.29, 1.82) is 0 Å². The van der Waals surface area contributed by atoms with E-state index in [9.17, 15) is 18.0 Å². The highest BCUT2D eigenvalue weighted by Gasteiger charge is 2.21. The molecule has 1 aliphatic heterocycles. The highest BCUT2D eigenvalue weighted by molar-refractivity contribution is 7.85. The number of carbonyl (C=O) groups is 2. The van der Waals surface area contributed by atoms with Crippen LogP contribution in [0.1, 0.15) is 22.3 Å². The third-order valence-corrected chi connectivity index (χ3v) is 3.13. The second-order valence-electron chi connectivity index (χ2n) is 5.77. The first-order valence-corrected chi connectivity index (χ1v) is 9.49. The molecule has 0 radical (unpaired) electrons. The van der Waals surface area contributed by atoms with Crippen molar-refractivity contribution in [2.75, 3.05) is 27.0 Å². The van der Waals surface area contributed by atoms with Gasteiger partial charge in [-0.25, -0.2) is 0 Å². The smallest absolute Gasteiger partial charge is 0.276 e. The van der Waals surface area contributed by atoms with Crippen LogP contribution in [-0.4, -0.2) is 62.6 Å². The van der Waals surface area contributed by atoms with Crippen molar-refractivity contribution >= 4 is 34.0 Å². The lowest BCUT2D eigenvalue weighted by molar-refractivity contribution is -0.114. The molecular formula is C16H22N4O6S. The molecule has 1 aromatic rings. The minimum Gasteiger partial charge on any atom is -0.492 e. The van der Waals surface area contributed by atoms with Gasteiger partial charge in [0, 0.05) is 31.7 Å². The summed E-state index contributed by atoms with van der Waals surface area (Å²) in [5.74, 6) is -0.480. The van der Waals surface area contributed by atoms with E-state index in [2.05, 4.69) is 4.99 Å². The van der Waals surface area contributed by atoms with Crippen molar-refractivity contribution in [1.82, 2.24) is 4.90 Å². The van der Waals surface area contributed by atoms with Crippen LogP contribution in [0.5, 0.6) is 5.75 Å². The van der Waals surface area contributed by atoms with E-state index >= 15 is 0 Å². The molecule has 27 heavy (non-hydrogen) atoms. The standard InChI is InChI=1S/C15H18N4O3.CH4O3S/c1-19(2)14(21)11-5-3-4-9-8-10(6-7-22-12(9)11)13(20)18-15(16)17;1-5(2,3)4/h3-5,8H,6-7H2,1-2H3,(H4,16,17,18,20);1H3,(H,2,3,4). The first-order chi connectivity index (χ1) is 12.4. The lowest BCUT2D eigenvalue weighted by Crippen LogP contribution is -2.24. The zero-order valence-corrected chi connectivity index (χ0v) is 16.0. The maximum Gasteiger partial charge on any atom is 0.276 e. The second kappa shape index (κ2) is 9.14. The van der Waals surface area contributed by atoms with Gasteiger partial charge in [-0.1, -0.05) is 12.1 Å². The van der Waals surface area contributed by atoms with Gasteiger partial charge in [-0.15, -0.1) is 0 Å². The normalized spacial score (nSPS) is 12.8. The molecule has 0 aromatic heterocycles. The van der Waals surface area contributed by atoms with Gasteiger partial charge in [0.2, 0.25) is 0 Å². The molecular weight excluding hydrogens is 376 g/mol. The van der Waals surface area contributed by atoms with Crippen LogP contribution in [-0.2, 0) is 14.9 Å². The Bertz CT molecular complexity index is 878. The van der Waals surface area contributed by atoms with Crippen molar-refractivity contribution in [2.45, 2.75) is 6.42 Å². The van der Waals surface area contributed by atoms with Crippen LogP contribution in [0, 0.1) is 0 Å². The van der Waals surface area contributed by atoms with Gasteiger partial charge >= 0.3 is 0 Å². The van der Waals surface area contributed by atoms with Gasteiger partial charge in [0.15, 0.2) is 5.96 Å². The number of fused-ring (bicyclic) bond motifs is 1. The summed E-state index contributed by atoms with van der Waals surface area (Å²) in [6.07, 6.45) is 2.73. The number of hydrogen-bond acceptors (Lipinski definition) is 5. The van der Waals surface area contributed by atoms with E-state index in [1.54, 1.807) is 38.4 Å². The van der Waals surface area contributed by atoms with E-state index in [0.29, 0.717) is 35.1 Å². The molecule has 0 unspecified atom stereocenters. The fourth-order valence-electron chi connectivity index (χ4n) is 2.12. The molecule has 0 saturated heterocycles. The molecule has 1 aromatic carbocycles. The number of guanidine groups is 1. The minimum absolute atomic E-state index is 0.163. The molecule has 0 spiro atoms. The predicted molar refractivity (Wildman–Crippen MR) is 101 cm³/mol. The van der Waals surface area contributed by atoms with Crippen LogP contribution in [0.3, 0.4) is 0 Å². The molecule has 0 atom stereocenters. The van der Waals surface area contributed by atoms with Crippen molar-refractivity contribution in [2.24, 2.45) is 16.5 Å². The molecule has 0 aliphatic carbocycles. The average molecular weight is 398 g/mol. The third-order valence-electron chi connectivity index (χ3n) is 3.13. The summed E-state index contributed by atoms with van der Waals surface area (Å²) < 4.78 is 31.5. The molecule has 5 N–H and O–H groups in total. The Kier molecular flexibility index (Phi) is 7.49. The van der Waals surface area contributed by atoms with Gasteiger partial charge in [-0.2, -0.15) is 13.4 Å². The Labute approximate surface area is 157 Å². The van der Waals surface area contributed by atoms with Crippen LogP contribution in [0.15, 0.2) is 28.8 Å². The Morgan fingerprint density at radius 3 is 2.37 bits per heavy atom. The van der Waals surface area contributed by atoms with E-state index in [1.807, 2.05) is 0 Å². The molecule has 1 aliphatic rings. The van der Waals surface area contributed by atoms with Gasteiger partial charge in [-0.05, 0) is 12.1 Å². The lowest BCUT2D eigenvalue weighted by Gasteiger charge is -2.15. The summed E-state index contributed by atoms with van der Waals surface area (Å²) in [6, 6.07) is 5.21. The summed E-state index contributed by atoms with van der Waals surface area (Å²) in [4.78, 5) is 29.2. The number of aliphatic imine (C=N–C) groups is 1. The van der Waals surface area contributed by atoms with E-state index < -0.39 is 16.0 Å². The van der Waals surface area contributed by atoms with Crippen LogP contribution in [0.25, 0.3) is 6.08 Å². The number of ether oxygens (including phenoxy) is 1. The number of nitrogens with two attached hydrogens (primary N) is 2. The third kappa shape index (κ3) is 7.46. The number of hydrogen-bond donors (Lipinski definition) is 3. The van der Waals surface area contributed by atoms with Gasteiger partial charge in [-0.3, -0.25) is 14.1 Å². The van der Waals surface area contributed by atoms with Crippen LogP contribution in [0.4, 0.5) is 0 Å². The number of amides is 2. The molecule has 10 nitrogen and oxygen atoms in total.